The summed E-state index contributed by atoms with van der Waals surface area (Å²) in [5.41, 5.74) is 5.10. The van der Waals surface area contributed by atoms with Gasteiger partial charge < -0.3 is 15.2 Å². The van der Waals surface area contributed by atoms with Gasteiger partial charge in [-0.05, 0) is 41.8 Å². The molecule has 0 saturated heterocycles. The molecule has 0 aromatic heterocycles. The maximum absolute atomic E-state index is 12.7. The molecule has 2 amide bonds. The molecule has 0 radical (unpaired) electrons. The van der Waals surface area contributed by atoms with E-state index in [2.05, 4.69) is 22.4 Å². The largest absolute Gasteiger partial charge is 0.504 e. The number of phenols is 1. The van der Waals surface area contributed by atoms with Crippen LogP contribution in [0.5, 0.6) is 11.5 Å². The van der Waals surface area contributed by atoms with Crippen molar-refractivity contribution in [3.05, 3.63) is 108 Å². The Hall–Kier alpha value is -4.39. The zero-order chi connectivity index (χ0) is 24.3. The second-order valence-electron chi connectivity index (χ2n) is 7.52. The maximum atomic E-state index is 12.7. The minimum atomic E-state index is -0.530. The normalized spacial score (nSPS) is 11.6. The predicted octanol–water partition coefficient (Wildman–Crippen LogP) is 4.14. The van der Waals surface area contributed by atoms with Crippen LogP contribution in [0, 0.1) is 0 Å². The Kier molecular flexibility index (Phi) is 8.57. The zero-order valence-corrected chi connectivity index (χ0v) is 18.9. The molecular formula is C27H27N3O4. The smallest absolute Gasteiger partial charge is 0.251 e. The number of rotatable bonds is 10. The fourth-order valence-corrected chi connectivity index (χ4v) is 3.41. The molecule has 3 rings (SSSR count). The second-order valence-corrected chi connectivity index (χ2v) is 7.52. The van der Waals surface area contributed by atoms with Gasteiger partial charge in [0.2, 0.25) is 5.91 Å². The van der Waals surface area contributed by atoms with Gasteiger partial charge in [-0.3, -0.25) is 9.59 Å². The number of allylic oxidation sites excluding steroid dienone is 1. The Morgan fingerprint density at radius 1 is 1.09 bits per heavy atom. The summed E-state index contributed by atoms with van der Waals surface area (Å²) in [4.78, 5) is 25.3. The molecule has 0 bridgehead atoms. The van der Waals surface area contributed by atoms with Crippen molar-refractivity contribution in [1.29, 1.82) is 0 Å². The summed E-state index contributed by atoms with van der Waals surface area (Å²) >= 11 is 0. The van der Waals surface area contributed by atoms with E-state index in [-0.39, 0.29) is 24.0 Å². The number of carbonyl (C=O) groups excluding carboxylic acids is 2. The van der Waals surface area contributed by atoms with E-state index in [1.54, 1.807) is 42.5 Å². The van der Waals surface area contributed by atoms with Gasteiger partial charge in [-0.15, -0.1) is 6.58 Å². The van der Waals surface area contributed by atoms with Crippen LogP contribution in [-0.4, -0.2) is 30.2 Å². The minimum Gasteiger partial charge on any atom is -0.504 e. The highest BCUT2D eigenvalue weighted by Gasteiger charge is 2.19. The van der Waals surface area contributed by atoms with Crippen molar-refractivity contribution in [3.63, 3.8) is 0 Å². The van der Waals surface area contributed by atoms with Gasteiger partial charge in [0.1, 0.15) is 0 Å². The highest BCUT2D eigenvalue weighted by molar-refractivity contribution is 5.94. The first-order chi connectivity index (χ1) is 16.5. The molecule has 1 atom stereocenters. The standard InChI is InChI=1S/C27H27N3O4/c1-3-10-22-15-19(16-24(34-2)26(22)32)18-28-30-25(31)17-23(20-11-6-4-7-12-20)29-27(33)21-13-8-5-9-14-21/h3-9,11-16,18,23,32H,1,10,17H2,2H3,(H,29,33)(H,30,31)/b28-18-/t23-/m1/s1. The summed E-state index contributed by atoms with van der Waals surface area (Å²) in [6.45, 7) is 3.69. The summed E-state index contributed by atoms with van der Waals surface area (Å²) < 4.78 is 5.20. The maximum Gasteiger partial charge on any atom is 0.251 e. The van der Waals surface area contributed by atoms with Gasteiger partial charge in [0.25, 0.3) is 5.91 Å². The van der Waals surface area contributed by atoms with Crippen LogP contribution in [0.4, 0.5) is 0 Å². The van der Waals surface area contributed by atoms with Crippen molar-refractivity contribution in [2.45, 2.75) is 18.9 Å². The molecule has 34 heavy (non-hydrogen) atoms. The quantitative estimate of drug-likeness (QED) is 0.242. The average Bonchev–Trinajstić information content (AvgIpc) is 2.86. The van der Waals surface area contributed by atoms with E-state index in [0.29, 0.717) is 28.9 Å². The van der Waals surface area contributed by atoms with Crippen LogP contribution < -0.4 is 15.5 Å². The molecule has 0 spiro atoms. The second kappa shape index (κ2) is 12.0. The van der Waals surface area contributed by atoms with Crippen molar-refractivity contribution in [3.8, 4) is 11.5 Å². The van der Waals surface area contributed by atoms with Gasteiger partial charge in [0, 0.05) is 11.1 Å². The lowest BCUT2D eigenvalue weighted by Crippen LogP contribution is -2.32. The highest BCUT2D eigenvalue weighted by Crippen LogP contribution is 2.31. The van der Waals surface area contributed by atoms with Crippen LogP contribution in [0.3, 0.4) is 0 Å². The topological polar surface area (TPSA) is 100 Å². The van der Waals surface area contributed by atoms with Gasteiger partial charge in [-0.25, -0.2) is 5.43 Å². The van der Waals surface area contributed by atoms with E-state index >= 15 is 0 Å². The Morgan fingerprint density at radius 2 is 1.76 bits per heavy atom. The average molecular weight is 458 g/mol. The Morgan fingerprint density at radius 3 is 2.41 bits per heavy atom. The van der Waals surface area contributed by atoms with Crippen molar-refractivity contribution < 1.29 is 19.4 Å². The third kappa shape index (κ3) is 6.56. The number of hydrogen-bond acceptors (Lipinski definition) is 5. The Bertz CT molecular complexity index is 1160. The van der Waals surface area contributed by atoms with Gasteiger partial charge in [0.15, 0.2) is 11.5 Å². The summed E-state index contributed by atoms with van der Waals surface area (Å²) in [5.74, 6) is -0.282. The number of phenolic OH excluding ortho intramolecular Hbond substituents is 1. The first-order valence-electron chi connectivity index (χ1n) is 10.7. The number of methoxy groups -OCH3 is 1. The van der Waals surface area contributed by atoms with Crippen LogP contribution in [-0.2, 0) is 11.2 Å². The van der Waals surface area contributed by atoms with Crippen molar-refractivity contribution in [2.24, 2.45) is 5.10 Å². The number of hydrazone groups is 1. The van der Waals surface area contributed by atoms with Crippen LogP contribution in [0.2, 0.25) is 0 Å². The molecule has 0 saturated carbocycles. The van der Waals surface area contributed by atoms with Gasteiger partial charge in [-0.1, -0.05) is 54.6 Å². The monoisotopic (exact) mass is 457 g/mol. The lowest BCUT2D eigenvalue weighted by molar-refractivity contribution is -0.121. The first-order valence-corrected chi connectivity index (χ1v) is 10.7. The minimum absolute atomic E-state index is 0.000536. The van der Waals surface area contributed by atoms with Gasteiger partial charge >= 0.3 is 0 Å². The molecule has 7 heteroatoms. The first kappa shape index (κ1) is 24.3. The predicted molar refractivity (Wildman–Crippen MR) is 132 cm³/mol. The summed E-state index contributed by atoms with van der Waals surface area (Å²) in [6, 6.07) is 21.0. The summed E-state index contributed by atoms with van der Waals surface area (Å²) in [6.07, 6.45) is 3.59. The van der Waals surface area contributed by atoms with E-state index in [1.165, 1.54) is 13.3 Å². The van der Waals surface area contributed by atoms with E-state index in [1.807, 2.05) is 36.4 Å². The molecule has 0 aliphatic carbocycles. The van der Waals surface area contributed by atoms with Gasteiger partial charge in [0.05, 0.1) is 25.8 Å². The zero-order valence-electron chi connectivity index (χ0n) is 18.9. The summed E-state index contributed by atoms with van der Waals surface area (Å²) in [5, 5.41) is 17.2. The van der Waals surface area contributed by atoms with Crippen LogP contribution in [0.25, 0.3) is 0 Å². The molecule has 3 N–H and O–H groups in total. The fraction of sp³-hybridized carbons (Fsp3) is 0.148. The van der Waals surface area contributed by atoms with Crippen LogP contribution in [0.15, 0.2) is 90.6 Å². The lowest BCUT2D eigenvalue weighted by atomic mass is 10.0. The van der Waals surface area contributed by atoms with Crippen molar-refractivity contribution in [1.82, 2.24) is 10.7 Å². The molecule has 0 aliphatic rings. The van der Waals surface area contributed by atoms with E-state index in [4.69, 9.17) is 4.74 Å². The van der Waals surface area contributed by atoms with Crippen molar-refractivity contribution in [2.75, 3.05) is 7.11 Å². The number of carbonyl (C=O) groups is 2. The van der Waals surface area contributed by atoms with Crippen molar-refractivity contribution >= 4 is 18.0 Å². The number of nitrogens with zero attached hydrogens (tertiary/aromatic N) is 1. The van der Waals surface area contributed by atoms with E-state index in [0.717, 1.165) is 5.56 Å². The number of aromatic hydroxyl groups is 1. The molecule has 174 valence electrons. The molecule has 0 heterocycles. The van der Waals surface area contributed by atoms with Crippen LogP contribution >= 0.6 is 0 Å². The number of nitrogens with one attached hydrogen (secondary N) is 2. The molecular weight excluding hydrogens is 430 g/mol. The number of ether oxygens (including phenoxy) is 1. The van der Waals surface area contributed by atoms with E-state index in [9.17, 15) is 14.7 Å². The van der Waals surface area contributed by atoms with Crippen LogP contribution in [0.1, 0.15) is 39.5 Å². The summed E-state index contributed by atoms with van der Waals surface area (Å²) in [7, 11) is 1.46. The number of amides is 2. The molecule has 3 aromatic carbocycles. The highest BCUT2D eigenvalue weighted by atomic mass is 16.5. The number of benzene rings is 3. The Balaban J connectivity index is 1.70. The molecule has 0 aliphatic heterocycles. The Labute approximate surface area is 198 Å². The molecule has 0 fully saturated rings. The molecule has 3 aromatic rings. The third-order valence-corrected chi connectivity index (χ3v) is 5.10. The molecule has 0 unspecified atom stereocenters. The fourth-order valence-electron chi connectivity index (χ4n) is 3.41. The third-order valence-electron chi connectivity index (χ3n) is 5.10. The van der Waals surface area contributed by atoms with Gasteiger partial charge in [-0.2, -0.15) is 5.10 Å². The SMILES string of the molecule is C=CCc1cc(/C=N\NC(=O)C[C@@H](NC(=O)c2ccccc2)c2ccccc2)cc(OC)c1O. The van der Waals surface area contributed by atoms with E-state index < -0.39 is 6.04 Å². The lowest BCUT2D eigenvalue weighted by Gasteiger charge is -2.18. The molecule has 7 nitrogen and oxygen atoms in total. The number of hydrogen-bond donors (Lipinski definition) is 3.